The van der Waals surface area contributed by atoms with Crippen LogP contribution in [0, 0.1) is 0 Å². The van der Waals surface area contributed by atoms with Crippen molar-refractivity contribution in [3.05, 3.63) is 83.9 Å². The molecule has 2 aliphatic rings. The molecular formula is C24H25NO6. The highest BCUT2D eigenvalue weighted by atomic mass is 16.8. The molecule has 7 nitrogen and oxygen atoms in total. The largest absolute Gasteiger partial charge is 0.439 e. The molecule has 0 spiro atoms. The van der Waals surface area contributed by atoms with E-state index < -0.39 is 42.3 Å². The lowest BCUT2D eigenvalue weighted by molar-refractivity contribution is -0.294. The van der Waals surface area contributed by atoms with E-state index in [1.165, 1.54) is 14.0 Å². The van der Waals surface area contributed by atoms with Crippen LogP contribution < -0.4 is 0 Å². The van der Waals surface area contributed by atoms with Crippen molar-refractivity contribution >= 4 is 12.1 Å². The Hall–Kier alpha value is -3.16. The topological polar surface area (TPSA) is 74.3 Å². The first-order valence-electron chi connectivity index (χ1n) is 10.1. The summed E-state index contributed by atoms with van der Waals surface area (Å²) >= 11 is 0. The number of esters is 1. The Kier molecular flexibility index (Phi) is 5.80. The summed E-state index contributed by atoms with van der Waals surface area (Å²) in [7, 11) is 1.49. The number of methoxy groups -OCH3 is 1. The summed E-state index contributed by atoms with van der Waals surface area (Å²) in [6, 6.07) is 18.3. The second-order valence-corrected chi connectivity index (χ2v) is 7.62. The van der Waals surface area contributed by atoms with Crippen molar-refractivity contribution in [2.75, 3.05) is 7.11 Å². The van der Waals surface area contributed by atoms with Crippen LogP contribution in [-0.2, 0) is 23.7 Å². The molecule has 0 aliphatic carbocycles. The lowest BCUT2D eigenvalue weighted by atomic mass is 9.92. The number of hydrogen-bond donors (Lipinski definition) is 0. The van der Waals surface area contributed by atoms with E-state index in [2.05, 4.69) is 0 Å². The van der Waals surface area contributed by atoms with Crippen LogP contribution in [0.15, 0.2) is 72.8 Å². The molecular weight excluding hydrogens is 398 g/mol. The fourth-order valence-electron chi connectivity index (χ4n) is 4.11. The van der Waals surface area contributed by atoms with Gasteiger partial charge in [-0.2, -0.15) is 0 Å². The molecule has 0 unspecified atom stereocenters. The van der Waals surface area contributed by atoms with Crippen molar-refractivity contribution in [3.8, 4) is 0 Å². The molecule has 2 aromatic rings. The highest BCUT2D eigenvalue weighted by molar-refractivity contribution is 5.73. The van der Waals surface area contributed by atoms with Crippen molar-refractivity contribution in [1.82, 2.24) is 4.90 Å². The predicted octanol–water partition coefficient (Wildman–Crippen LogP) is 4.13. The van der Waals surface area contributed by atoms with Crippen molar-refractivity contribution in [3.63, 3.8) is 0 Å². The normalized spacial score (nSPS) is 30.2. The van der Waals surface area contributed by atoms with Gasteiger partial charge in [0.25, 0.3) is 0 Å². The molecule has 0 radical (unpaired) electrons. The van der Waals surface area contributed by atoms with Crippen molar-refractivity contribution in [1.29, 1.82) is 0 Å². The zero-order valence-electron chi connectivity index (χ0n) is 17.6. The molecule has 0 saturated carbocycles. The van der Waals surface area contributed by atoms with Crippen LogP contribution in [0.1, 0.15) is 37.1 Å². The molecule has 7 heteroatoms. The van der Waals surface area contributed by atoms with E-state index in [0.717, 1.165) is 11.1 Å². The quantitative estimate of drug-likeness (QED) is 0.532. The summed E-state index contributed by atoms with van der Waals surface area (Å²) in [5.41, 5.74) is 1.82. The SMILES string of the molecule is CO[C@]1(C)O[C@@H](OC(C)=O)C=C[C@H]1N1C(=O)O[C@@H](c2ccccc2)[C@H]1c1ccccc1. The minimum atomic E-state index is -1.26. The second-order valence-electron chi connectivity index (χ2n) is 7.62. The number of hydrogen-bond acceptors (Lipinski definition) is 6. The highest BCUT2D eigenvalue weighted by Gasteiger charge is 2.53. The monoisotopic (exact) mass is 423 g/mol. The molecule has 1 amide bonds. The lowest BCUT2D eigenvalue weighted by Gasteiger charge is -2.44. The molecule has 2 heterocycles. The maximum atomic E-state index is 13.2. The van der Waals surface area contributed by atoms with Crippen molar-refractivity contribution in [2.24, 2.45) is 0 Å². The van der Waals surface area contributed by atoms with Gasteiger partial charge in [0, 0.05) is 14.0 Å². The summed E-state index contributed by atoms with van der Waals surface area (Å²) in [6.45, 7) is 3.02. The van der Waals surface area contributed by atoms with E-state index in [9.17, 15) is 9.59 Å². The van der Waals surface area contributed by atoms with Gasteiger partial charge in [0.1, 0.15) is 12.1 Å². The highest BCUT2D eigenvalue weighted by Crippen LogP contribution is 2.47. The van der Waals surface area contributed by atoms with Gasteiger partial charge in [-0.05, 0) is 24.1 Å². The molecule has 31 heavy (non-hydrogen) atoms. The van der Waals surface area contributed by atoms with Crippen LogP contribution >= 0.6 is 0 Å². The zero-order chi connectivity index (χ0) is 22.0. The molecule has 2 aromatic carbocycles. The molecule has 0 bridgehead atoms. The first-order valence-corrected chi connectivity index (χ1v) is 10.1. The standard InChI is InChI=1S/C24H25NO6/c1-16(26)29-20-15-14-19(24(2,28-3)31-20)25-21(17-10-6-4-7-11-17)22(30-23(25)27)18-12-8-5-9-13-18/h4-15,19-22H,1-3H3/t19-,20-,21-,22+,24-/m1/s1. The Labute approximate surface area is 181 Å². The number of cyclic esters (lactones) is 1. The molecule has 1 fully saturated rings. The van der Waals surface area contributed by atoms with Gasteiger partial charge in [-0.15, -0.1) is 0 Å². The third-order valence-electron chi connectivity index (χ3n) is 5.62. The van der Waals surface area contributed by atoms with Crippen molar-refractivity contribution in [2.45, 2.75) is 44.1 Å². The number of rotatable bonds is 5. The lowest BCUT2D eigenvalue weighted by Crippen LogP contribution is -2.57. The fraction of sp³-hybridized carbons (Fsp3) is 0.333. The van der Waals surface area contributed by atoms with Gasteiger partial charge in [-0.25, -0.2) is 4.79 Å². The zero-order valence-corrected chi connectivity index (χ0v) is 17.6. The summed E-state index contributed by atoms with van der Waals surface area (Å²) < 4.78 is 22.6. The number of carbonyl (C=O) groups is 2. The third kappa shape index (κ3) is 4.06. The molecule has 1 saturated heterocycles. The molecule has 0 N–H and O–H groups in total. The van der Waals surface area contributed by atoms with Crippen LogP contribution in [0.2, 0.25) is 0 Å². The van der Waals surface area contributed by atoms with Crippen LogP contribution in [0.25, 0.3) is 0 Å². The van der Waals surface area contributed by atoms with E-state index in [-0.39, 0.29) is 0 Å². The molecule has 162 valence electrons. The number of ether oxygens (including phenoxy) is 4. The van der Waals surface area contributed by atoms with E-state index in [4.69, 9.17) is 18.9 Å². The smallest absolute Gasteiger partial charge is 0.411 e. The number of nitrogens with zero attached hydrogens (tertiary/aromatic N) is 1. The molecule has 4 rings (SSSR count). The summed E-state index contributed by atoms with van der Waals surface area (Å²) in [5.74, 6) is -1.73. The maximum absolute atomic E-state index is 13.2. The van der Waals surface area contributed by atoms with Gasteiger partial charge in [0.2, 0.25) is 6.29 Å². The first-order chi connectivity index (χ1) is 14.9. The Morgan fingerprint density at radius 2 is 1.61 bits per heavy atom. The van der Waals surface area contributed by atoms with E-state index >= 15 is 0 Å². The summed E-state index contributed by atoms with van der Waals surface area (Å²) in [5, 5.41) is 0. The van der Waals surface area contributed by atoms with Crippen LogP contribution in [-0.4, -0.2) is 42.2 Å². The summed E-state index contributed by atoms with van der Waals surface area (Å²) in [6.07, 6.45) is 1.49. The Morgan fingerprint density at radius 3 is 2.19 bits per heavy atom. The third-order valence-corrected chi connectivity index (χ3v) is 5.62. The van der Waals surface area contributed by atoms with E-state index in [0.29, 0.717) is 0 Å². The Morgan fingerprint density at radius 1 is 1.00 bits per heavy atom. The average Bonchev–Trinajstić information content (AvgIpc) is 3.11. The van der Waals surface area contributed by atoms with Gasteiger partial charge < -0.3 is 18.9 Å². The second kappa shape index (κ2) is 8.53. The number of amides is 1. The minimum Gasteiger partial charge on any atom is -0.439 e. The average molecular weight is 423 g/mol. The molecule has 0 aromatic heterocycles. The van der Waals surface area contributed by atoms with Crippen LogP contribution in [0.5, 0.6) is 0 Å². The van der Waals surface area contributed by atoms with Gasteiger partial charge >= 0.3 is 12.1 Å². The van der Waals surface area contributed by atoms with E-state index in [1.54, 1.807) is 24.0 Å². The molecule has 2 aliphatic heterocycles. The predicted molar refractivity (Wildman–Crippen MR) is 112 cm³/mol. The summed E-state index contributed by atoms with van der Waals surface area (Å²) in [4.78, 5) is 26.2. The van der Waals surface area contributed by atoms with Gasteiger partial charge in [0.05, 0.1) is 0 Å². The van der Waals surface area contributed by atoms with Gasteiger partial charge in [-0.3, -0.25) is 9.69 Å². The Balaban J connectivity index is 1.76. The van der Waals surface area contributed by atoms with Crippen LogP contribution in [0.3, 0.4) is 0 Å². The number of benzene rings is 2. The minimum absolute atomic E-state index is 0.408. The first kappa shape index (κ1) is 21.1. The van der Waals surface area contributed by atoms with E-state index in [1.807, 2.05) is 60.7 Å². The fourth-order valence-corrected chi connectivity index (χ4v) is 4.11. The molecule has 5 atom stereocenters. The van der Waals surface area contributed by atoms with Crippen molar-refractivity contribution < 1.29 is 28.5 Å². The maximum Gasteiger partial charge on any atom is 0.411 e. The van der Waals surface area contributed by atoms with Crippen LogP contribution in [0.4, 0.5) is 4.79 Å². The number of carbonyl (C=O) groups excluding carboxylic acids is 2. The van der Waals surface area contributed by atoms with Gasteiger partial charge in [-0.1, -0.05) is 66.7 Å². The van der Waals surface area contributed by atoms with Gasteiger partial charge in [0.15, 0.2) is 11.9 Å². The Bertz CT molecular complexity index is 963.